The van der Waals surface area contributed by atoms with E-state index in [4.69, 9.17) is 4.74 Å². The van der Waals surface area contributed by atoms with Gasteiger partial charge in [0.05, 0.1) is 13.5 Å². The molecule has 0 amide bonds. The number of carboxylic acid groups (broad SMARTS) is 1. The lowest BCUT2D eigenvalue weighted by Gasteiger charge is -2.16. The van der Waals surface area contributed by atoms with E-state index in [-0.39, 0.29) is 12.3 Å². The minimum Gasteiger partial charge on any atom is -0.497 e. The molecular weight excluding hydrogens is 302 g/mol. The van der Waals surface area contributed by atoms with Crippen LogP contribution in [0.1, 0.15) is 36.0 Å². The Kier molecular flexibility index (Phi) is 4.56. The largest absolute Gasteiger partial charge is 0.497 e. The molecule has 24 heavy (non-hydrogen) atoms. The lowest BCUT2D eigenvalue weighted by Crippen LogP contribution is -2.07. The molecule has 0 aliphatic carbocycles. The number of para-hydroxylation sites is 1. The van der Waals surface area contributed by atoms with Crippen molar-refractivity contribution < 1.29 is 14.6 Å². The Bertz CT molecular complexity index is 849. The average molecular weight is 323 g/mol. The summed E-state index contributed by atoms with van der Waals surface area (Å²) in [6, 6.07) is 13.8. The first-order valence-electron chi connectivity index (χ1n) is 8.08. The second-order valence-corrected chi connectivity index (χ2v) is 5.86. The minimum absolute atomic E-state index is 0.0512. The zero-order valence-electron chi connectivity index (χ0n) is 13.9. The molecule has 4 nitrogen and oxygen atoms in total. The van der Waals surface area contributed by atoms with Gasteiger partial charge in [-0.3, -0.25) is 4.79 Å². The Morgan fingerprint density at radius 3 is 2.58 bits per heavy atom. The molecule has 0 saturated carbocycles. The Labute approximate surface area is 141 Å². The number of aliphatic carboxylic acids is 1. The number of aromatic nitrogens is 1. The fraction of sp³-hybridized carbons (Fsp3) is 0.250. The molecule has 124 valence electrons. The number of nitrogens with one attached hydrogen (secondary N) is 1. The van der Waals surface area contributed by atoms with Gasteiger partial charge in [0, 0.05) is 23.0 Å². The summed E-state index contributed by atoms with van der Waals surface area (Å²) in [6.07, 6.45) is 2.93. The predicted octanol–water partition coefficient (Wildman–Crippen LogP) is 4.35. The molecule has 1 heterocycles. The van der Waals surface area contributed by atoms with Crippen molar-refractivity contribution in [2.45, 2.75) is 25.7 Å². The molecule has 0 bridgehead atoms. The number of benzene rings is 2. The van der Waals surface area contributed by atoms with Gasteiger partial charge in [0.15, 0.2) is 0 Å². The van der Waals surface area contributed by atoms with Crippen LogP contribution >= 0.6 is 0 Å². The molecule has 2 N–H and O–H groups in total. The Balaban J connectivity index is 2.10. The molecule has 0 unspecified atom stereocenters. The second kappa shape index (κ2) is 6.79. The summed E-state index contributed by atoms with van der Waals surface area (Å²) in [6.45, 7) is 2.12. The molecule has 3 aromatic rings. The Morgan fingerprint density at radius 1 is 1.21 bits per heavy atom. The van der Waals surface area contributed by atoms with Crippen LogP contribution < -0.4 is 4.74 Å². The van der Waals surface area contributed by atoms with Crippen LogP contribution in [0.2, 0.25) is 0 Å². The number of H-pyrrole nitrogens is 1. The van der Waals surface area contributed by atoms with Crippen LogP contribution in [-0.2, 0) is 11.2 Å². The highest BCUT2D eigenvalue weighted by atomic mass is 16.5. The maximum absolute atomic E-state index is 11.4. The number of carbonyl (C=O) groups is 1. The third-order valence-electron chi connectivity index (χ3n) is 4.49. The summed E-state index contributed by atoms with van der Waals surface area (Å²) >= 11 is 0. The smallest absolute Gasteiger partial charge is 0.304 e. The predicted molar refractivity (Wildman–Crippen MR) is 94.8 cm³/mol. The second-order valence-electron chi connectivity index (χ2n) is 5.86. The van der Waals surface area contributed by atoms with E-state index >= 15 is 0 Å². The lowest BCUT2D eigenvalue weighted by atomic mass is 9.88. The molecule has 1 aromatic heterocycles. The quantitative estimate of drug-likeness (QED) is 0.709. The van der Waals surface area contributed by atoms with Gasteiger partial charge in [0.2, 0.25) is 0 Å². The van der Waals surface area contributed by atoms with Crippen molar-refractivity contribution in [3.05, 3.63) is 65.4 Å². The van der Waals surface area contributed by atoms with Crippen molar-refractivity contribution in [1.29, 1.82) is 0 Å². The van der Waals surface area contributed by atoms with E-state index in [0.717, 1.165) is 34.2 Å². The van der Waals surface area contributed by atoms with Crippen LogP contribution in [0.4, 0.5) is 0 Å². The number of fused-ring (bicyclic) bond motifs is 1. The molecule has 0 radical (unpaired) electrons. The number of hydrogen-bond acceptors (Lipinski definition) is 2. The van der Waals surface area contributed by atoms with Crippen LogP contribution in [0.15, 0.2) is 48.7 Å². The number of aromatic amines is 1. The van der Waals surface area contributed by atoms with Gasteiger partial charge in [-0.05, 0) is 35.2 Å². The number of rotatable bonds is 6. The molecule has 0 aliphatic heterocycles. The van der Waals surface area contributed by atoms with E-state index in [9.17, 15) is 9.90 Å². The van der Waals surface area contributed by atoms with Gasteiger partial charge in [-0.1, -0.05) is 37.3 Å². The Morgan fingerprint density at radius 2 is 1.96 bits per heavy atom. The number of aryl methyl sites for hydroxylation is 1. The first-order chi connectivity index (χ1) is 11.6. The van der Waals surface area contributed by atoms with Crippen molar-refractivity contribution in [1.82, 2.24) is 4.98 Å². The van der Waals surface area contributed by atoms with Gasteiger partial charge < -0.3 is 14.8 Å². The molecular formula is C20H21NO3. The van der Waals surface area contributed by atoms with E-state index in [1.54, 1.807) is 7.11 Å². The van der Waals surface area contributed by atoms with E-state index in [2.05, 4.69) is 24.0 Å². The first-order valence-corrected chi connectivity index (χ1v) is 8.08. The van der Waals surface area contributed by atoms with Crippen molar-refractivity contribution in [2.24, 2.45) is 0 Å². The maximum atomic E-state index is 11.4. The fourth-order valence-corrected chi connectivity index (χ4v) is 3.24. The third-order valence-corrected chi connectivity index (χ3v) is 4.49. The highest BCUT2D eigenvalue weighted by Crippen LogP contribution is 2.35. The van der Waals surface area contributed by atoms with Gasteiger partial charge in [0.25, 0.3) is 0 Å². The summed E-state index contributed by atoms with van der Waals surface area (Å²) < 4.78 is 5.20. The topological polar surface area (TPSA) is 62.3 Å². The van der Waals surface area contributed by atoms with Gasteiger partial charge in [-0.2, -0.15) is 0 Å². The van der Waals surface area contributed by atoms with Crippen LogP contribution in [0.5, 0.6) is 5.75 Å². The van der Waals surface area contributed by atoms with Crippen molar-refractivity contribution in [3.8, 4) is 5.75 Å². The number of hydrogen-bond donors (Lipinski definition) is 2. The van der Waals surface area contributed by atoms with E-state index < -0.39 is 5.97 Å². The molecule has 3 rings (SSSR count). The summed E-state index contributed by atoms with van der Waals surface area (Å²) in [5, 5.41) is 10.5. The number of methoxy groups -OCH3 is 1. The van der Waals surface area contributed by atoms with Crippen molar-refractivity contribution in [3.63, 3.8) is 0 Å². The fourth-order valence-electron chi connectivity index (χ4n) is 3.24. The highest BCUT2D eigenvalue weighted by molar-refractivity contribution is 5.87. The average Bonchev–Trinajstić information content (AvgIpc) is 3.03. The summed E-state index contributed by atoms with van der Waals surface area (Å²) in [7, 11) is 1.62. The van der Waals surface area contributed by atoms with Crippen molar-refractivity contribution >= 4 is 16.9 Å². The highest BCUT2D eigenvalue weighted by Gasteiger charge is 2.21. The van der Waals surface area contributed by atoms with Crippen LogP contribution in [0, 0.1) is 0 Å². The van der Waals surface area contributed by atoms with Gasteiger partial charge in [-0.15, -0.1) is 0 Å². The molecule has 4 heteroatoms. The van der Waals surface area contributed by atoms with E-state index in [1.807, 2.05) is 36.5 Å². The Hall–Kier alpha value is -2.75. The van der Waals surface area contributed by atoms with Crippen LogP contribution in [-0.4, -0.2) is 23.2 Å². The normalized spacial score (nSPS) is 12.2. The zero-order chi connectivity index (χ0) is 17.1. The van der Waals surface area contributed by atoms with E-state index in [1.165, 1.54) is 5.56 Å². The third kappa shape index (κ3) is 3.00. The lowest BCUT2D eigenvalue weighted by molar-refractivity contribution is -0.137. The summed E-state index contributed by atoms with van der Waals surface area (Å²) in [5.41, 5.74) is 4.33. The number of carboxylic acids is 1. The first kappa shape index (κ1) is 16.1. The molecule has 1 atom stereocenters. The minimum atomic E-state index is -0.809. The van der Waals surface area contributed by atoms with Crippen LogP contribution in [0.25, 0.3) is 10.9 Å². The SMILES string of the molecule is CCc1cccc2c([C@@H](CC(=O)O)c3ccc(OC)cc3)c[nH]c12. The molecule has 0 fully saturated rings. The summed E-state index contributed by atoms with van der Waals surface area (Å²) in [4.78, 5) is 14.8. The molecule has 0 aliphatic rings. The standard InChI is InChI=1S/C20H21NO3/c1-3-13-5-4-6-16-18(12-21-20(13)16)17(11-19(22)23)14-7-9-15(24-2)10-8-14/h4-10,12,17,21H,3,11H2,1-2H3,(H,22,23)/t17-/m0/s1. The molecule has 0 spiro atoms. The van der Waals surface area contributed by atoms with E-state index in [0.29, 0.717) is 0 Å². The van der Waals surface area contributed by atoms with Crippen molar-refractivity contribution in [2.75, 3.05) is 7.11 Å². The van der Waals surface area contributed by atoms with Crippen LogP contribution in [0.3, 0.4) is 0 Å². The number of ether oxygens (including phenoxy) is 1. The van der Waals surface area contributed by atoms with Gasteiger partial charge >= 0.3 is 5.97 Å². The maximum Gasteiger partial charge on any atom is 0.304 e. The van der Waals surface area contributed by atoms with Gasteiger partial charge in [0.1, 0.15) is 5.75 Å². The molecule has 2 aromatic carbocycles. The molecule has 0 saturated heterocycles. The zero-order valence-corrected chi connectivity index (χ0v) is 13.9. The monoisotopic (exact) mass is 323 g/mol. The van der Waals surface area contributed by atoms with Gasteiger partial charge in [-0.25, -0.2) is 0 Å². The summed E-state index contributed by atoms with van der Waals surface area (Å²) in [5.74, 6) is -0.244.